The molecule has 0 aliphatic carbocycles. The molecule has 1 saturated heterocycles. The van der Waals surface area contributed by atoms with Gasteiger partial charge in [0.1, 0.15) is 11.7 Å². The van der Waals surface area contributed by atoms with Crippen molar-refractivity contribution in [1.82, 2.24) is 4.90 Å². The zero-order valence-electron chi connectivity index (χ0n) is 18.3. The molecule has 6 nitrogen and oxygen atoms in total. The van der Waals surface area contributed by atoms with Gasteiger partial charge >= 0.3 is 6.09 Å². The van der Waals surface area contributed by atoms with Crippen LogP contribution in [0.5, 0.6) is 0 Å². The van der Waals surface area contributed by atoms with Gasteiger partial charge in [0.15, 0.2) is 6.23 Å². The average molecular weight is 426 g/mol. The van der Waals surface area contributed by atoms with Gasteiger partial charge in [-0.05, 0) is 31.9 Å². The summed E-state index contributed by atoms with van der Waals surface area (Å²) in [6, 6.07) is 19.2. The van der Waals surface area contributed by atoms with Crippen LogP contribution >= 0.6 is 0 Å². The number of benzene rings is 2. The first-order valence-corrected chi connectivity index (χ1v) is 10.5. The number of hydrogen-bond acceptors (Lipinski definition) is 5. The molecule has 2 aromatic carbocycles. The van der Waals surface area contributed by atoms with Crippen LogP contribution in [0.3, 0.4) is 0 Å². The van der Waals surface area contributed by atoms with E-state index in [2.05, 4.69) is 0 Å². The predicted octanol–water partition coefficient (Wildman–Crippen LogP) is 4.46. The van der Waals surface area contributed by atoms with Gasteiger partial charge in [-0.15, -0.1) is 0 Å². The maximum atomic E-state index is 13.0. The van der Waals surface area contributed by atoms with E-state index >= 15 is 0 Å². The summed E-state index contributed by atoms with van der Waals surface area (Å²) in [5, 5.41) is 10.7. The van der Waals surface area contributed by atoms with E-state index in [-0.39, 0.29) is 12.6 Å². The lowest BCUT2D eigenvalue weighted by Crippen LogP contribution is -2.46. The minimum absolute atomic E-state index is 0.281. The quantitative estimate of drug-likeness (QED) is 0.524. The van der Waals surface area contributed by atoms with Crippen molar-refractivity contribution < 1.29 is 24.1 Å². The SMILES string of the molecule is CC(C)(C)OC(=O)N1[C@@H]([C@@H](O)/C=C/COCc2ccccc2)OC[C@H]1c1ccccc1. The zero-order chi connectivity index (χ0) is 22.3. The molecule has 1 fully saturated rings. The number of carbonyl (C=O) groups is 1. The van der Waals surface area contributed by atoms with E-state index < -0.39 is 24.0 Å². The normalized spacial score (nSPS) is 20.2. The molecule has 0 unspecified atom stereocenters. The highest BCUT2D eigenvalue weighted by molar-refractivity contribution is 5.69. The van der Waals surface area contributed by atoms with Gasteiger partial charge in [-0.1, -0.05) is 72.8 Å². The van der Waals surface area contributed by atoms with Gasteiger partial charge < -0.3 is 19.3 Å². The monoisotopic (exact) mass is 425 g/mol. The maximum absolute atomic E-state index is 13.0. The van der Waals surface area contributed by atoms with Crippen molar-refractivity contribution in [2.45, 2.75) is 51.4 Å². The molecule has 0 spiro atoms. The van der Waals surface area contributed by atoms with E-state index in [1.165, 1.54) is 4.90 Å². The smallest absolute Gasteiger partial charge is 0.413 e. The van der Waals surface area contributed by atoms with E-state index in [0.29, 0.717) is 13.2 Å². The van der Waals surface area contributed by atoms with E-state index in [9.17, 15) is 9.90 Å². The molecule has 0 radical (unpaired) electrons. The van der Waals surface area contributed by atoms with Crippen LogP contribution in [0, 0.1) is 0 Å². The highest BCUT2D eigenvalue weighted by Crippen LogP contribution is 2.33. The van der Waals surface area contributed by atoms with Crippen molar-refractivity contribution in [2.24, 2.45) is 0 Å². The molecule has 3 atom stereocenters. The van der Waals surface area contributed by atoms with Crippen molar-refractivity contribution in [2.75, 3.05) is 13.2 Å². The van der Waals surface area contributed by atoms with Crippen molar-refractivity contribution in [3.05, 3.63) is 83.9 Å². The molecule has 1 amide bonds. The summed E-state index contributed by atoms with van der Waals surface area (Å²) in [5.74, 6) is 0. The first kappa shape index (κ1) is 23.0. The van der Waals surface area contributed by atoms with Crippen LogP contribution < -0.4 is 0 Å². The third-order valence-corrected chi connectivity index (χ3v) is 4.77. The lowest BCUT2D eigenvalue weighted by Gasteiger charge is -2.32. The molecule has 0 aromatic heterocycles. The fraction of sp³-hybridized carbons (Fsp3) is 0.400. The average Bonchev–Trinajstić information content (AvgIpc) is 3.19. The summed E-state index contributed by atoms with van der Waals surface area (Å²) in [4.78, 5) is 14.4. The van der Waals surface area contributed by atoms with Crippen LogP contribution in [0.1, 0.15) is 37.9 Å². The molecule has 3 rings (SSSR count). The number of aliphatic hydroxyl groups is 1. The van der Waals surface area contributed by atoms with Gasteiger partial charge in [-0.2, -0.15) is 0 Å². The molecule has 6 heteroatoms. The standard InChI is InChI=1S/C25H31NO5/c1-25(2,3)31-24(28)26-21(20-13-8-5-9-14-20)18-30-23(26)22(27)15-10-16-29-17-19-11-6-4-7-12-19/h4-15,21-23,27H,16-18H2,1-3H3/b15-10+/t21-,22-,23+/m0/s1. The first-order chi connectivity index (χ1) is 14.8. The van der Waals surface area contributed by atoms with Gasteiger partial charge in [0, 0.05) is 0 Å². The molecule has 0 bridgehead atoms. The molecule has 1 aliphatic rings. The van der Waals surface area contributed by atoms with Crippen LogP contribution in [0.25, 0.3) is 0 Å². The van der Waals surface area contributed by atoms with Crippen molar-refractivity contribution >= 4 is 6.09 Å². The first-order valence-electron chi connectivity index (χ1n) is 10.5. The minimum atomic E-state index is -1.01. The van der Waals surface area contributed by atoms with Crippen LogP contribution in [0.2, 0.25) is 0 Å². The van der Waals surface area contributed by atoms with Crippen molar-refractivity contribution in [3.63, 3.8) is 0 Å². The highest BCUT2D eigenvalue weighted by atomic mass is 16.6. The zero-order valence-corrected chi connectivity index (χ0v) is 18.3. The van der Waals surface area contributed by atoms with Crippen molar-refractivity contribution in [3.8, 4) is 0 Å². The molecule has 1 N–H and O–H groups in total. The van der Waals surface area contributed by atoms with E-state index in [4.69, 9.17) is 14.2 Å². The fourth-order valence-corrected chi connectivity index (χ4v) is 3.38. The third kappa shape index (κ3) is 6.66. The number of amides is 1. The number of hydrogen-bond donors (Lipinski definition) is 1. The molecular formula is C25H31NO5. The lowest BCUT2D eigenvalue weighted by atomic mass is 10.1. The Kier molecular flexibility index (Phi) is 7.85. The summed E-state index contributed by atoms with van der Waals surface area (Å²) in [5.41, 5.74) is 1.35. The number of rotatable bonds is 7. The number of aliphatic hydroxyl groups excluding tert-OH is 1. The third-order valence-electron chi connectivity index (χ3n) is 4.77. The molecule has 0 saturated carbocycles. The second-order valence-electron chi connectivity index (χ2n) is 8.46. The summed E-state index contributed by atoms with van der Waals surface area (Å²) in [6.07, 6.45) is 0.962. The number of ether oxygens (including phenoxy) is 3. The Hall–Kier alpha value is -2.67. The molecule has 1 aliphatic heterocycles. The molecule has 1 heterocycles. The fourth-order valence-electron chi connectivity index (χ4n) is 3.38. The van der Waals surface area contributed by atoms with E-state index in [1.807, 2.05) is 81.4 Å². The Labute approximate surface area is 184 Å². The van der Waals surface area contributed by atoms with Gasteiger partial charge in [-0.3, -0.25) is 4.90 Å². The molecular weight excluding hydrogens is 394 g/mol. The second kappa shape index (κ2) is 10.6. The molecule has 31 heavy (non-hydrogen) atoms. The van der Waals surface area contributed by atoms with Crippen molar-refractivity contribution in [1.29, 1.82) is 0 Å². The van der Waals surface area contributed by atoms with E-state index in [1.54, 1.807) is 12.2 Å². The Bertz CT molecular complexity index is 847. The predicted molar refractivity (Wildman–Crippen MR) is 118 cm³/mol. The topological polar surface area (TPSA) is 68.2 Å². The molecule has 2 aromatic rings. The summed E-state index contributed by atoms with van der Waals surface area (Å²) >= 11 is 0. The number of carbonyl (C=O) groups excluding carboxylic acids is 1. The molecule has 166 valence electrons. The maximum Gasteiger partial charge on any atom is 0.413 e. The Balaban J connectivity index is 1.64. The largest absolute Gasteiger partial charge is 0.444 e. The van der Waals surface area contributed by atoms with Gasteiger partial charge in [-0.25, -0.2) is 4.79 Å². The Morgan fingerprint density at radius 2 is 1.81 bits per heavy atom. The van der Waals surface area contributed by atoms with E-state index in [0.717, 1.165) is 11.1 Å². The van der Waals surface area contributed by atoms with Gasteiger partial charge in [0.2, 0.25) is 0 Å². The van der Waals surface area contributed by atoms with Crippen LogP contribution in [-0.2, 0) is 20.8 Å². The van der Waals surface area contributed by atoms with Crippen LogP contribution in [0.4, 0.5) is 4.79 Å². The lowest BCUT2D eigenvalue weighted by molar-refractivity contribution is -0.0550. The van der Waals surface area contributed by atoms with Gasteiger partial charge in [0.25, 0.3) is 0 Å². The van der Waals surface area contributed by atoms with Crippen LogP contribution in [-0.4, -0.2) is 47.2 Å². The Morgan fingerprint density at radius 1 is 1.16 bits per heavy atom. The minimum Gasteiger partial charge on any atom is -0.444 e. The highest BCUT2D eigenvalue weighted by Gasteiger charge is 2.43. The second-order valence-corrected chi connectivity index (χ2v) is 8.46. The van der Waals surface area contributed by atoms with Crippen LogP contribution in [0.15, 0.2) is 72.8 Å². The Morgan fingerprint density at radius 3 is 2.45 bits per heavy atom. The number of nitrogens with zero attached hydrogens (tertiary/aromatic N) is 1. The summed E-state index contributed by atoms with van der Waals surface area (Å²) < 4.78 is 17.1. The van der Waals surface area contributed by atoms with Gasteiger partial charge in [0.05, 0.1) is 25.9 Å². The summed E-state index contributed by atoms with van der Waals surface area (Å²) in [6.45, 7) is 6.55. The summed E-state index contributed by atoms with van der Waals surface area (Å²) in [7, 11) is 0.